The summed E-state index contributed by atoms with van der Waals surface area (Å²) in [7, 11) is 0. The van der Waals surface area contributed by atoms with E-state index >= 15 is 0 Å². The van der Waals surface area contributed by atoms with Crippen LogP contribution < -0.4 is 32.7 Å². The van der Waals surface area contributed by atoms with Gasteiger partial charge in [0.1, 0.15) is 12.1 Å². The number of thiol groups is 1. The molecule has 0 aromatic heterocycles. The van der Waals surface area contributed by atoms with Gasteiger partial charge in [-0.2, -0.15) is 12.6 Å². The molecule has 1 aromatic carbocycles. The van der Waals surface area contributed by atoms with E-state index in [-0.39, 0.29) is 24.1 Å². The van der Waals surface area contributed by atoms with Crippen LogP contribution in [0.5, 0.6) is 0 Å². The van der Waals surface area contributed by atoms with Crippen LogP contribution in [0.15, 0.2) is 30.3 Å². The van der Waals surface area contributed by atoms with Crippen molar-refractivity contribution < 1.29 is 19.2 Å². The Labute approximate surface area is 211 Å². The number of amides is 3. The van der Waals surface area contributed by atoms with Gasteiger partial charge in [0, 0.05) is 18.7 Å². The topological polar surface area (TPSA) is 192 Å². The summed E-state index contributed by atoms with van der Waals surface area (Å²) in [6.45, 7) is 3.91. The maximum absolute atomic E-state index is 13.1. The van der Waals surface area contributed by atoms with Gasteiger partial charge in [-0.05, 0) is 24.3 Å². The Hall–Kier alpha value is -3.12. The largest absolute Gasteiger partial charge is 0.370 e. The average Bonchev–Trinajstić information content (AvgIpc) is 2.82. The van der Waals surface area contributed by atoms with Crippen molar-refractivity contribution in [3.63, 3.8) is 0 Å². The first-order chi connectivity index (χ1) is 16.6. The number of hydrogen-bond acceptors (Lipinski definition) is 7. The molecule has 1 rings (SSSR count). The Morgan fingerprint density at radius 1 is 1.03 bits per heavy atom. The van der Waals surface area contributed by atoms with Gasteiger partial charge in [0.2, 0.25) is 24.0 Å². The van der Waals surface area contributed by atoms with Gasteiger partial charge < -0.3 is 32.7 Å². The zero-order valence-electron chi connectivity index (χ0n) is 20.0. The molecule has 0 spiro atoms. The number of hydrogen-bond donors (Lipinski definition) is 8. The molecule has 0 bridgehead atoms. The number of nitrogens with two attached hydrogens (primary N) is 2. The fourth-order valence-corrected chi connectivity index (χ4v) is 3.32. The summed E-state index contributed by atoms with van der Waals surface area (Å²) >= 11 is 4.15. The lowest BCUT2D eigenvalue weighted by molar-refractivity contribution is -0.132. The van der Waals surface area contributed by atoms with E-state index in [0.717, 1.165) is 5.56 Å². The molecule has 11 nitrogen and oxygen atoms in total. The summed E-state index contributed by atoms with van der Waals surface area (Å²) in [4.78, 5) is 49.5. The Morgan fingerprint density at radius 2 is 1.63 bits per heavy atom. The number of carbonyl (C=O) groups excluding carboxylic acids is 4. The van der Waals surface area contributed by atoms with Crippen molar-refractivity contribution in [2.24, 2.45) is 17.4 Å². The molecule has 0 aliphatic heterocycles. The van der Waals surface area contributed by atoms with Crippen LogP contribution in [0.3, 0.4) is 0 Å². The van der Waals surface area contributed by atoms with Crippen molar-refractivity contribution in [2.45, 2.75) is 57.3 Å². The van der Waals surface area contributed by atoms with E-state index in [1.165, 1.54) is 0 Å². The summed E-state index contributed by atoms with van der Waals surface area (Å²) in [6, 6.07) is 5.36. The quantitative estimate of drug-likeness (QED) is 0.0645. The van der Waals surface area contributed by atoms with Gasteiger partial charge in [-0.25, -0.2) is 0 Å². The number of nitrogens with one attached hydrogen (secondary N) is 5. The molecule has 0 fully saturated rings. The van der Waals surface area contributed by atoms with Crippen molar-refractivity contribution in [1.82, 2.24) is 21.3 Å². The second-order valence-corrected chi connectivity index (χ2v) is 8.80. The Kier molecular flexibility index (Phi) is 13.4. The average molecular weight is 507 g/mol. The lowest BCUT2D eigenvalue weighted by Gasteiger charge is -2.25. The van der Waals surface area contributed by atoms with Gasteiger partial charge in [-0.15, -0.1) is 0 Å². The van der Waals surface area contributed by atoms with Gasteiger partial charge >= 0.3 is 0 Å². The first-order valence-corrected chi connectivity index (χ1v) is 12.0. The third kappa shape index (κ3) is 11.2. The number of rotatable bonds is 15. The van der Waals surface area contributed by atoms with Crippen molar-refractivity contribution in [2.75, 3.05) is 12.3 Å². The fourth-order valence-electron chi connectivity index (χ4n) is 3.07. The molecule has 193 valence electrons. The Balaban J connectivity index is 2.88. The fraction of sp³-hybridized carbons (Fsp3) is 0.522. The van der Waals surface area contributed by atoms with Crippen LogP contribution in [0.1, 0.15) is 32.3 Å². The molecular formula is C23H36N7O4S. The highest BCUT2D eigenvalue weighted by Crippen LogP contribution is 2.06. The molecule has 0 unspecified atom stereocenters. The van der Waals surface area contributed by atoms with Crippen LogP contribution in [0.25, 0.3) is 0 Å². The molecule has 0 saturated heterocycles. The molecule has 1 aromatic rings. The van der Waals surface area contributed by atoms with E-state index in [0.29, 0.717) is 19.4 Å². The van der Waals surface area contributed by atoms with E-state index in [2.05, 4.69) is 33.9 Å². The SMILES string of the molecule is CC(C)[C@@H]([C]=O)NC(=O)[C@H](CS)NC(=O)[C@H](Cc1ccccc1)NC(=O)[C@@H](N)CCCNC(=N)N. The minimum Gasteiger partial charge on any atom is -0.370 e. The lowest BCUT2D eigenvalue weighted by atomic mass is 10.0. The van der Waals surface area contributed by atoms with Crippen LogP contribution in [0.4, 0.5) is 0 Å². The third-order valence-electron chi connectivity index (χ3n) is 5.17. The normalized spacial score (nSPS) is 14.2. The predicted molar refractivity (Wildman–Crippen MR) is 137 cm³/mol. The maximum Gasteiger partial charge on any atom is 0.244 e. The van der Waals surface area contributed by atoms with E-state index in [9.17, 15) is 19.2 Å². The maximum atomic E-state index is 13.1. The summed E-state index contributed by atoms with van der Waals surface area (Å²) in [5, 5.41) is 17.6. The monoisotopic (exact) mass is 506 g/mol. The molecule has 4 atom stereocenters. The molecule has 0 aliphatic carbocycles. The molecule has 35 heavy (non-hydrogen) atoms. The standard InChI is InChI=1S/C23H36N7O4S/c1-14(2)18(12-31)29-22(34)19(13-35)30-21(33)17(11-15-7-4-3-5-8-15)28-20(32)16(24)9-6-10-27-23(25)26/h3-5,7-8,14,16-19,35H,6,9-11,13,24H2,1-2H3,(H,28,32)(H,29,34)(H,30,33)(H4,25,26,27)/t16-,17-,18+,19-/m0/s1. The summed E-state index contributed by atoms with van der Waals surface area (Å²) in [5.41, 5.74) is 12.0. The van der Waals surface area contributed by atoms with Crippen LogP contribution in [-0.4, -0.2) is 66.4 Å². The van der Waals surface area contributed by atoms with Gasteiger partial charge in [-0.1, -0.05) is 44.2 Å². The van der Waals surface area contributed by atoms with Crippen LogP contribution in [0.2, 0.25) is 0 Å². The molecule has 9 N–H and O–H groups in total. The Bertz CT molecular complexity index is 854. The highest BCUT2D eigenvalue weighted by molar-refractivity contribution is 7.80. The molecule has 12 heteroatoms. The van der Waals surface area contributed by atoms with Gasteiger partial charge in [0.15, 0.2) is 5.96 Å². The highest BCUT2D eigenvalue weighted by Gasteiger charge is 2.29. The minimum absolute atomic E-state index is 0.0179. The summed E-state index contributed by atoms with van der Waals surface area (Å²) in [6.07, 6.45) is 2.76. The van der Waals surface area contributed by atoms with Crippen molar-refractivity contribution >= 4 is 42.6 Å². The summed E-state index contributed by atoms with van der Waals surface area (Å²) in [5.74, 6) is -2.05. The van der Waals surface area contributed by atoms with Crippen LogP contribution in [-0.2, 0) is 25.6 Å². The molecule has 1 radical (unpaired) electrons. The van der Waals surface area contributed by atoms with Gasteiger partial charge in [0.25, 0.3) is 0 Å². The smallest absolute Gasteiger partial charge is 0.244 e. The van der Waals surface area contributed by atoms with Gasteiger partial charge in [0.05, 0.1) is 12.1 Å². The second-order valence-electron chi connectivity index (χ2n) is 8.43. The number of carbonyl (C=O) groups is 3. The minimum atomic E-state index is -1.03. The second kappa shape index (κ2) is 15.7. The number of benzene rings is 1. The van der Waals surface area contributed by atoms with Crippen LogP contribution >= 0.6 is 12.6 Å². The predicted octanol–water partition coefficient (Wildman–Crippen LogP) is -1.03. The lowest BCUT2D eigenvalue weighted by Crippen LogP contribution is -2.58. The summed E-state index contributed by atoms with van der Waals surface area (Å²) < 4.78 is 0. The Morgan fingerprint density at radius 3 is 2.17 bits per heavy atom. The zero-order valence-corrected chi connectivity index (χ0v) is 20.9. The van der Waals surface area contributed by atoms with E-state index in [1.54, 1.807) is 20.1 Å². The first-order valence-electron chi connectivity index (χ1n) is 11.4. The van der Waals surface area contributed by atoms with E-state index in [1.807, 2.05) is 30.3 Å². The van der Waals surface area contributed by atoms with Crippen molar-refractivity contribution in [3.05, 3.63) is 35.9 Å². The highest BCUT2D eigenvalue weighted by atomic mass is 32.1. The van der Waals surface area contributed by atoms with Gasteiger partial charge in [-0.3, -0.25) is 24.6 Å². The van der Waals surface area contributed by atoms with Crippen LogP contribution in [0, 0.1) is 11.3 Å². The first kappa shape index (κ1) is 29.9. The molecule has 0 heterocycles. The van der Waals surface area contributed by atoms with Crippen molar-refractivity contribution in [3.8, 4) is 0 Å². The molecule has 3 amide bonds. The number of guanidine groups is 1. The molecular weight excluding hydrogens is 470 g/mol. The van der Waals surface area contributed by atoms with E-state index in [4.69, 9.17) is 16.9 Å². The van der Waals surface area contributed by atoms with E-state index < -0.39 is 41.9 Å². The molecule has 0 saturated carbocycles. The van der Waals surface area contributed by atoms with Crippen molar-refractivity contribution in [1.29, 1.82) is 5.41 Å². The third-order valence-corrected chi connectivity index (χ3v) is 5.53. The molecule has 0 aliphatic rings. The zero-order chi connectivity index (χ0) is 26.4.